The fourth-order valence-corrected chi connectivity index (χ4v) is 1.66. The SMILES string of the molecule is CN(C(=O)CCC(F)(F)F)[C@@H]1CNC[C@H]1O. The second-order valence-electron chi connectivity index (χ2n) is 3.91. The van der Waals surface area contributed by atoms with Gasteiger partial charge in [0.25, 0.3) is 0 Å². The third kappa shape index (κ3) is 3.64. The van der Waals surface area contributed by atoms with Gasteiger partial charge in [-0.05, 0) is 0 Å². The molecule has 0 aromatic heterocycles. The molecule has 0 saturated carbocycles. The van der Waals surface area contributed by atoms with Gasteiger partial charge >= 0.3 is 6.18 Å². The topological polar surface area (TPSA) is 52.6 Å². The molecule has 1 saturated heterocycles. The summed E-state index contributed by atoms with van der Waals surface area (Å²) in [5.41, 5.74) is 0. The third-order valence-corrected chi connectivity index (χ3v) is 2.66. The van der Waals surface area contributed by atoms with Crippen molar-refractivity contribution in [2.75, 3.05) is 20.1 Å². The number of carbonyl (C=O) groups is 1. The summed E-state index contributed by atoms with van der Waals surface area (Å²) in [4.78, 5) is 12.6. The van der Waals surface area contributed by atoms with Crippen LogP contribution in [-0.2, 0) is 4.79 Å². The maximum atomic E-state index is 11.9. The number of alkyl halides is 3. The molecule has 0 aromatic carbocycles. The molecule has 1 heterocycles. The Balaban J connectivity index is 2.41. The summed E-state index contributed by atoms with van der Waals surface area (Å²) in [7, 11) is 1.42. The Morgan fingerprint density at radius 1 is 1.50 bits per heavy atom. The number of β-amino-alcohol motifs (C(OH)–C–C–N with tert-alkyl or cyclic N) is 1. The van der Waals surface area contributed by atoms with Crippen molar-refractivity contribution in [1.29, 1.82) is 0 Å². The normalized spacial score (nSPS) is 25.8. The number of hydrogen-bond donors (Lipinski definition) is 2. The number of amides is 1. The summed E-state index contributed by atoms with van der Waals surface area (Å²) in [6.45, 7) is 0.775. The number of aliphatic hydroxyl groups excluding tert-OH is 1. The summed E-state index contributed by atoms with van der Waals surface area (Å²) in [5, 5.41) is 12.3. The molecule has 1 amide bonds. The quantitative estimate of drug-likeness (QED) is 0.736. The van der Waals surface area contributed by atoms with E-state index in [9.17, 15) is 23.1 Å². The Labute approximate surface area is 91.4 Å². The molecular formula is C9H15F3N2O2. The van der Waals surface area contributed by atoms with Crippen LogP contribution in [0.25, 0.3) is 0 Å². The number of likely N-dealkylation sites (N-methyl/N-ethyl adjacent to an activating group) is 1. The van der Waals surface area contributed by atoms with Gasteiger partial charge in [0.1, 0.15) is 0 Å². The first-order chi connectivity index (χ1) is 7.31. The van der Waals surface area contributed by atoms with Crippen molar-refractivity contribution in [3.8, 4) is 0 Å². The number of aliphatic hydroxyl groups is 1. The fraction of sp³-hybridized carbons (Fsp3) is 0.889. The maximum Gasteiger partial charge on any atom is 0.389 e. The Kier molecular flexibility index (Phi) is 4.15. The van der Waals surface area contributed by atoms with E-state index in [0.717, 1.165) is 0 Å². The van der Waals surface area contributed by atoms with Gasteiger partial charge in [-0.25, -0.2) is 0 Å². The maximum absolute atomic E-state index is 11.9. The Morgan fingerprint density at radius 2 is 2.12 bits per heavy atom. The zero-order valence-electron chi connectivity index (χ0n) is 8.92. The fourth-order valence-electron chi connectivity index (χ4n) is 1.66. The van der Waals surface area contributed by atoms with Crippen LogP contribution in [0.3, 0.4) is 0 Å². The molecule has 0 bridgehead atoms. The molecule has 7 heteroatoms. The van der Waals surface area contributed by atoms with E-state index >= 15 is 0 Å². The highest BCUT2D eigenvalue weighted by Gasteiger charge is 2.33. The Bertz CT molecular complexity index is 258. The van der Waals surface area contributed by atoms with Gasteiger partial charge in [0.05, 0.1) is 18.6 Å². The Hall–Kier alpha value is -0.820. The number of halogens is 3. The lowest BCUT2D eigenvalue weighted by Crippen LogP contribution is -2.44. The van der Waals surface area contributed by atoms with Crippen molar-refractivity contribution >= 4 is 5.91 Å². The predicted octanol–water partition coefficient (Wildman–Crippen LogP) is 0.120. The number of carbonyl (C=O) groups excluding carboxylic acids is 1. The highest BCUT2D eigenvalue weighted by molar-refractivity contribution is 5.76. The van der Waals surface area contributed by atoms with E-state index in [4.69, 9.17) is 0 Å². The number of rotatable bonds is 3. The van der Waals surface area contributed by atoms with E-state index in [0.29, 0.717) is 13.1 Å². The molecule has 1 fully saturated rings. The monoisotopic (exact) mass is 240 g/mol. The van der Waals surface area contributed by atoms with Gasteiger partial charge in [-0.2, -0.15) is 13.2 Å². The molecule has 4 nitrogen and oxygen atoms in total. The zero-order chi connectivity index (χ0) is 12.3. The summed E-state index contributed by atoms with van der Waals surface area (Å²) >= 11 is 0. The van der Waals surface area contributed by atoms with Crippen molar-refractivity contribution in [1.82, 2.24) is 10.2 Å². The summed E-state index contributed by atoms with van der Waals surface area (Å²) in [6, 6.07) is -0.430. The first-order valence-electron chi connectivity index (χ1n) is 5.02. The van der Waals surface area contributed by atoms with Gasteiger partial charge in [-0.1, -0.05) is 0 Å². The van der Waals surface area contributed by atoms with Gasteiger partial charge in [0.15, 0.2) is 0 Å². The average Bonchev–Trinajstić information content (AvgIpc) is 2.58. The first-order valence-corrected chi connectivity index (χ1v) is 5.02. The van der Waals surface area contributed by atoms with Crippen molar-refractivity contribution in [2.24, 2.45) is 0 Å². The number of hydrogen-bond acceptors (Lipinski definition) is 3. The van der Waals surface area contributed by atoms with Crippen LogP contribution in [-0.4, -0.2) is 54.4 Å². The van der Waals surface area contributed by atoms with Gasteiger partial charge < -0.3 is 15.3 Å². The average molecular weight is 240 g/mol. The summed E-state index contributed by atoms with van der Waals surface area (Å²) < 4.78 is 35.7. The van der Waals surface area contributed by atoms with Crippen LogP contribution in [0, 0.1) is 0 Å². The molecule has 94 valence electrons. The van der Waals surface area contributed by atoms with Crippen molar-refractivity contribution < 1.29 is 23.1 Å². The summed E-state index contributed by atoms with van der Waals surface area (Å²) in [6.07, 6.45) is -6.71. The molecule has 0 aliphatic carbocycles. The predicted molar refractivity (Wildman–Crippen MR) is 50.7 cm³/mol. The van der Waals surface area contributed by atoms with Crippen LogP contribution >= 0.6 is 0 Å². The van der Waals surface area contributed by atoms with Gasteiger partial charge in [0.2, 0.25) is 5.91 Å². The van der Waals surface area contributed by atoms with E-state index in [2.05, 4.69) is 5.32 Å². The molecular weight excluding hydrogens is 225 g/mol. The van der Waals surface area contributed by atoms with Gasteiger partial charge in [-0.3, -0.25) is 4.79 Å². The lowest BCUT2D eigenvalue weighted by Gasteiger charge is -2.26. The smallest absolute Gasteiger partial charge is 0.389 e. The number of nitrogens with one attached hydrogen (secondary N) is 1. The summed E-state index contributed by atoms with van der Waals surface area (Å²) in [5.74, 6) is -0.593. The Morgan fingerprint density at radius 3 is 2.56 bits per heavy atom. The lowest BCUT2D eigenvalue weighted by molar-refractivity contribution is -0.150. The van der Waals surface area contributed by atoms with Crippen molar-refractivity contribution in [3.63, 3.8) is 0 Å². The molecule has 16 heavy (non-hydrogen) atoms. The highest BCUT2D eigenvalue weighted by atomic mass is 19.4. The molecule has 0 spiro atoms. The van der Waals surface area contributed by atoms with E-state index in [-0.39, 0.29) is 0 Å². The second-order valence-corrected chi connectivity index (χ2v) is 3.91. The first kappa shape index (κ1) is 13.2. The third-order valence-electron chi connectivity index (χ3n) is 2.66. The van der Waals surface area contributed by atoms with Crippen LogP contribution in [0.5, 0.6) is 0 Å². The van der Waals surface area contributed by atoms with Crippen molar-refractivity contribution in [3.05, 3.63) is 0 Å². The molecule has 1 rings (SSSR count). The molecule has 0 unspecified atom stereocenters. The molecule has 0 radical (unpaired) electrons. The van der Waals surface area contributed by atoms with Crippen LogP contribution in [0.2, 0.25) is 0 Å². The van der Waals surface area contributed by atoms with Crippen LogP contribution in [0.1, 0.15) is 12.8 Å². The minimum Gasteiger partial charge on any atom is -0.390 e. The highest BCUT2D eigenvalue weighted by Crippen LogP contribution is 2.22. The molecule has 2 atom stereocenters. The van der Waals surface area contributed by atoms with Crippen LogP contribution < -0.4 is 5.32 Å². The van der Waals surface area contributed by atoms with Gasteiger partial charge in [-0.15, -0.1) is 0 Å². The minimum absolute atomic E-state index is 0.363. The van der Waals surface area contributed by atoms with Crippen LogP contribution in [0.4, 0.5) is 13.2 Å². The van der Waals surface area contributed by atoms with Gasteiger partial charge in [0, 0.05) is 26.6 Å². The van der Waals surface area contributed by atoms with E-state index in [1.807, 2.05) is 0 Å². The zero-order valence-corrected chi connectivity index (χ0v) is 8.92. The molecule has 0 aromatic rings. The van der Waals surface area contributed by atoms with Crippen molar-refractivity contribution in [2.45, 2.75) is 31.2 Å². The molecule has 1 aliphatic rings. The minimum atomic E-state index is -4.32. The largest absolute Gasteiger partial charge is 0.390 e. The lowest BCUT2D eigenvalue weighted by atomic mass is 10.1. The van der Waals surface area contributed by atoms with E-state index in [1.165, 1.54) is 11.9 Å². The number of nitrogens with zero attached hydrogens (tertiary/aromatic N) is 1. The molecule has 1 aliphatic heterocycles. The molecule has 2 N–H and O–H groups in total. The van der Waals surface area contributed by atoms with E-state index in [1.54, 1.807) is 0 Å². The van der Waals surface area contributed by atoms with Crippen LogP contribution in [0.15, 0.2) is 0 Å². The second kappa shape index (κ2) is 5.01. The van der Waals surface area contributed by atoms with E-state index < -0.39 is 37.1 Å². The standard InChI is InChI=1S/C9H15F3N2O2/c1-14(6-4-13-5-7(6)15)8(16)2-3-9(10,11)12/h6-7,13,15H,2-5H2,1H3/t6-,7-/m1/s1.